The second-order valence-electron chi connectivity index (χ2n) is 6.82. The third kappa shape index (κ3) is 5.46. The Hall–Kier alpha value is -3.08. The number of nitrogens with one attached hydrogen (secondary N) is 1. The molecule has 0 aromatic heterocycles. The van der Waals surface area contributed by atoms with Gasteiger partial charge in [-0.25, -0.2) is 0 Å². The summed E-state index contributed by atoms with van der Waals surface area (Å²) in [6.45, 7) is 7.99. The van der Waals surface area contributed by atoms with Gasteiger partial charge >= 0.3 is 0 Å². The van der Waals surface area contributed by atoms with Gasteiger partial charge in [-0.1, -0.05) is 62.4 Å². The molecule has 0 aliphatic carbocycles. The molecule has 0 aliphatic rings. The molecule has 2 aromatic rings. The molecule has 1 N–H and O–H groups in total. The number of hydrogen-bond acceptors (Lipinski definition) is 3. The molecule has 5 heteroatoms. The van der Waals surface area contributed by atoms with E-state index in [0.717, 1.165) is 16.9 Å². The number of carbonyl (C=O) groups is 2. The van der Waals surface area contributed by atoms with Gasteiger partial charge in [-0.15, -0.1) is 6.58 Å². The van der Waals surface area contributed by atoms with E-state index in [1.165, 1.54) is 0 Å². The molecule has 2 amide bonds. The predicted octanol–water partition coefficient (Wildman–Crippen LogP) is 3.72. The van der Waals surface area contributed by atoms with Crippen LogP contribution in [0.15, 0.2) is 67.3 Å². The van der Waals surface area contributed by atoms with Crippen LogP contribution in [0.5, 0.6) is 5.75 Å². The van der Waals surface area contributed by atoms with E-state index < -0.39 is 6.04 Å². The van der Waals surface area contributed by atoms with Gasteiger partial charge in [0.2, 0.25) is 11.8 Å². The molecule has 0 radical (unpaired) electrons. The zero-order valence-electron chi connectivity index (χ0n) is 16.7. The van der Waals surface area contributed by atoms with Gasteiger partial charge in [-0.05, 0) is 23.3 Å². The van der Waals surface area contributed by atoms with Crippen LogP contribution in [0.4, 0.5) is 0 Å². The topological polar surface area (TPSA) is 58.6 Å². The van der Waals surface area contributed by atoms with Crippen LogP contribution in [0.2, 0.25) is 0 Å². The third-order valence-electron chi connectivity index (χ3n) is 4.38. The largest absolute Gasteiger partial charge is 0.497 e. The van der Waals surface area contributed by atoms with E-state index in [9.17, 15) is 9.59 Å². The fourth-order valence-corrected chi connectivity index (χ4v) is 2.93. The molecule has 0 saturated carbocycles. The van der Waals surface area contributed by atoms with Crippen LogP contribution in [0.1, 0.15) is 31.0 Å². The summed E-state index contributed by atoms with van der Waals surface area (Å²) in [7, 11) is 1.61. The van der Waals surface area contributed by atoms with E-state index in [4.69, 9.17) is 4.74 Å². The van der Waals surface area contributed by atoms with Crippen LogP contribution in [-0.2, 0) is 16.1 Å². The van der Waals surface area contributed by atoms with Gasteiger partial charge in [0.1, 0.15) is 11.8 Å². The maximum atomic E-state index is 13.1. The number of ether oxygens (including phenoxy) is 1. The fraction of sp³-hybridized carbons (Fsp3) is 0.304. The van der Waals surface area contributed by atoms with Crippen molar-refractivity contribution in [1.29, 1.82) is 0 Å². The lowest BCUT2D eigenvalue weighted by atomic mass is 10.0. The van der Waals surface area contributed by atoms with Gasteiger partial charge in [0.25, 0.3) is 0 Å². The Balaban J connectivity index is 2.43. The number of hydrogen-bond donors (Lipinski definition) is 1. The average Bonchev–Trinajstić information content (AvgIpc) is 2.72. The number of benzene rings is 2. The highest BCUT2D eigenvalue weighted by molar-refractivity contribution is 5.89. The minimum absolute atomic E-state index is 0.0848. The van der Waals surface area contributed by atoms with E-state index in [0.29, 0.717) is 13.1 Å². The summed E-state index contributed by atoms with van der Waals surface area (Å²) < 4.78 is 5.21. The van der Waals surface area contributed by atoms with Crippen molar-refractivity contribution in [1.82, 2.24) is 10.2 Å². The summed E-state index contributed by atoms with van der Waals surface area (Å²) in [6, 6.07) is 16.2. The molecule has 1 atom stereocenters. The van der Waals surface area contributed by atoms with Crippen molar-refractivity contribution in [3.63, 3.8) is 0 Å². The number of rotatable bonds is 9. The first-order valence-corrected chi connectivity index (χ1v) is 9.35. The standard InChI is InChI=1S/C23H28N2O3/c1-5-15-24-22(26)21(19-9-7-6-8-10-19)25(23(27)17(2)3)16-18-11-13-20(28-4)14-12-18/h5-14,17,21H,1,15-16H2,2-4H3,(H,24,26). The summed E-state index contributed by atoms with van der Waals surface area (Å²) in [6.07, 6.45) is 1.62. The monoisotopic (exact) mass is 380 g/mol. The van der Waals surface area contributed by atoms with Crippen LogP contribution in [0.3, 0.4) is 0 Å². The average molecular weight is 380 g/mol. The van der Waals surface area contributed by atoms with Gasteiger partial charge in [0.15, 0.2) is 0 Å². The highest BCUT2D eigenvalue weighted by atomic mass is 16.5. The van der Waals surface area contributed by atoms with E-state index in [2.05, 4.69) is 11.9 Å². The van der Waals surface area contributed by atoms with E-state index >= 15 is 0 Å². The molecule has 0 fully saturated rings. The Bertz CT molecular complexity index is 785. The van der Waals surface area contributed by atoms with Gasteiger partial charge in [-0.3, -0.25) is 9.59 Å². The molecule has 0 aliphatic heterocycles. The first-order valence-electron chi connectivity index (χ1n) is 9.35. The Kier molecular flexibility index (Phi) is 7.81. The molecule has 28 heavy (non-hydrogen) atoms. The lowest BCUT2D eigenvalue weighted by Crippen LogP contribution is -2.44. The lowest BCUT2D eigenvalue weighted by Gasteiger charge is -2.32. The van der Waals surface area contributed by atoms with Crippen molar-refractivity contribution in [2.75, 3.05) is 13.7 Å². The third-order valence-corrected chi connectivity index (χ3v) is 4.38. The SMILES string of the molecule is C=CCNC(=O)C(c1ccccc1)N(Cc1ccc(OC)cc1)C(=O)C(C)C. The van der Waals surface area contributed by atoms with Crippen molar-refractivity contribution < 1.29 is 14.3 Å². The fourth-order valence-electron chi connectivity index (χ4n) is 2.93. The van der Waals surface area contributed by atoms with E-state index in [1.54, 1.807) is 18.1 Å². The maximum absolute atomic E-state index is 13.1. The van der Waals surface area contributed by atoms with Crippen molar-refractivity contribution in [2.45, 2.75) is 26.4 Å². The zero-order valence-corrected chi connectivity index (χ0v) is 16.7. The van der Waals surface area contributed by atoms with E-state index in [-0.39, 0.29) is 17.7 Å². The Labute approximate surface area is 167 Å². The molecule has 5 nitrogen and oxygen atoms in total. The van der Waals surface area contributed by atoms with Crippen molar-refractivity contribution >= 4 is 11.8 Å². The Morgan fingerprint density at radius 3 is 2.29 bits per heavy atom. The zero-order chi connectivity index (χ0) is 20.5. The van der Waals surface area contributed by atoms with Gasteiger partial charge in [0, 0.05) is 19.0 Å². The molecule has 2 aromatic carbocycles. The van der Waals surface area contributed by atoms with Gasteiger partial charge < -0.3 is 15.0 Å². The molecule has 0 heterocycles. The molecular weight excluding hydrogens is 352 g/mol. The van der Waals surface area contributed by atoms with Crippen LogP contribution < -0.4 is 10.1 Å². The van der Waals surface area contributed by atoms with Crippen LogP contribution >= 0.6 is 0 Å². The second kappa shape index (κ2) is 10.3. The number of methoxy groups -OCH3 is 1. The summed E-state index contributed by atoms with van der Waals surface area (Å²) in [4.78, 5) is 27.7. The molecule has 1 unspecified atom stereocenters. The number of carbonyl (C=O) groups excluding carboxylic acids is 2. The van der Waals surface area contributed by atoms with Crippen molar-refractivity contribution in [3.8, 4) is 5.75 Å². The summed E-state index contributed by atoms with van der Waals surface area (Å²) in [5, 5.41) is 2.84. The summed E-state index contributed by atoms with van der Waals surface area (Å²) >= 11 is 0. The second-order valence-corrected chi connectivity index (χ2v) is 6.82. The van der Waals surface area contributed by atoms with Gasteiger partial charge in [0.05, 0.1) is 7.11 Å². The molecule has 0 bridgehead atoms. The molecular formula is C23H28N2O3. The maximum Gasteiger partial charge on any atom is 0.247 e. The number of nitrogens with zero attached hydrogens (tertiary/aromatic N) is 1. The van der Waals surface area contributed by atoms with Crippen molar-refractivity contribution in [3.05, 3.63) is 78.4 Å². The molecule has 148 valence electrons. The first kappa shape index (κ1) is 21.2. The lowest BCUT2D eigenvalue weighted by molar-refractivity contribution is -0.144. The smallest absolute Gasteiger partial charge is 0.247 e. The van der Waals surface area contributed by atoms with Crippen LogP contribution in [0, 0.1) is 5.92 Å². The normalized spacial score (nSPS) is 11.6. The molecule has 2 rings (SSSR count). The minimum Gasteiger partial charge on any atom is -0.497 e. The van der Waals surface area contributed by atoms with Crippen molar-refractivity contribution in [2.24, 2.45) is 5.92 Å². The van der Waals surface area contributed by atoms with E-state index in [1.807, 2.05) is 68.4 Å². The Morgan fingerprint density at radius 1 is 1.11 bits per heavy atom. The first-order chi connectivity index (χ1) is 13.5. The quantitative estimate of drug-likeness (QED) is 0.675. The molecule has 0 spiro atoms. The predicted molar refractivity (Wildman–Crippen MR) is 111 cm³/mol. The van der Waals surface area contributed by atoms with Gasteiger partial charge in [-0.2, -0.15) is 0 Å². The summed E-state index contributed by atoms with van der Waals surface area (Å²) in [5.74, 6) is 0.192. The highest BCUT2D eigenvalue weighted by Crippen LogP contribution is 2.26. The Morgan fingerprint density at radius 2 is 1.75 bits per heavy atom. The van der Waals surface area contributed by atoms with Crippen LogP contribution in [0.25, 0.3) is 0 Å². The van der Waals surface area contributed by atoms with Crippen LogP contribution in [-0.4, -0.2) is 30.4 Å². The minimum atomic E-state index is -0.724. The molecule has 0 saturated heterocycles. The number of amides is 2. The summed E-state index contributed by atoms with van der Waals surface area (Å²) in [5.41, 5.74) is 1.69. The highest BCUT2D eigenvalue weighted by Gasteiger charge is 2.32.